The molecule has 128 valence electrons. The van der Waals surface area contributed by atoms with E-state index in [0.29, 0.717) is 17.4 Å². The number of nitrogens with zero attached hydrogens (tertiary/aromatic N) is 2. The molecule has 1 unspecified atom stereocenters. The molecule has 1 atom stereocenters. The number of rotatable bonds is 7. The number of hydrogen-bond acceptors (Lipinski definition) is 5. The van der Waals surface area contributed by atoms with Crippen LogP contribution in [-0.2, 0) is 11.3 Å². The SMILES string of the molecule is CCN(Cc1ccc(Cl)s1)C(=O)C(C)Sc1ccc([N+](=O)[O-])cc1. The number of hydrogen-bond donors (Lipinski definition) is 0. The van der Waals surface area contributed by atoms with Crippen molar-refractivity contribution in [2.45, 2.75) is 30.5 Å². The van der Waals surface area contributed by atoms with Crippen LogP contribution in [-0.4, -0.2) is 27.5 Å². The van der Waals surface area contributed by atoms with Gasteiger partial charge in [0.15, 0.2) is 0 Å². The molecule has 0 radical (unpaired) electrons. The number of thiophene rings is 1. The molecule has 0 fully saturated rings. The molecule has 0 N–H and O–H groups in total. The van der Waals surface area contributed by atoms with E-state index >= 15 is 0 Å². The Balaban J connectivity index is 1.99. The van der Waals surface area contributed by atoms with Crippen molar-refractivity contribution in [2.75, 3.05) is 6.54 Å². The normalized spacial score (nSPS) is 12.0. The molecular weight excluding hydrogens is 368 g/mol. The van der Waals surface area contributed by atoms with Crippen molar-refractivity contribution < 1.29 is 9.72 Å². The molecule has 2 rings (SSSR count). The Morgan fingerprint density at radius 1 is 1.33 bits per heavy atom. The molecule has 0 saturated heterocycles. The van der Waals surface area contributed by atoms with Crippen LogP contribution in [0.3, 0.4) is 0 Å². The van der Waals surface area contributed by atoms with Crippen LogP contribution in [0, 0.1) is 10.1 Å². The monoisotopic (exact) mass is 384 g/mol. The second-order valence-electron chi connectivity index (χ2n) is 5.07. The third kappa shape index (κ3) is 4.96. The highest BCUT2D eigenvalue weighted by Crippen LogP contribution is 2.28. The molecule has 0 aliphatic heterocycles. The first-order chi connectivity index (χ1) is 11.4. The molecule has 24 heavy (non-hydrogen) atoms. The van der Waals surface area contributed by atoms with E-state index in [1.165, 1.54) is 35.2 Å². The fourth-order valence-electron chi connectivity index (χ4n) is 2.13. The number of nitro benzene ring substituents is 1. The average molecular weight is 385 g/mol. The number of amides is 1. The molecule has 0 aliphatic rings. The van der Waals surface area contributed by atoms with Crippen molar-refractivity contribution >= 4 is 46.3 Å². The van der Waals surface area contributed by atoms with E-state index in [-0.39, 0.29) is 16.8 Å². The Morgan fingerprint density at radius 2 is 2.00 bits per heavy atom. The highest BCUT2D eigenvalue weighted by atomic mass is 35.5. The molecule has 0 spiro atoms. The van der Waals surface area contributed by atoms with Crippen molar-refractivity contribution in [2.24, 2.45) is 0 Å². The number of halogens is 1. The van der Waals surface area contributed by atoms with Crippen molar-refractivity contribution in [3.8, 4) is 0 Å². The molecule has 1 amide bonds. The molecule has 8 heteroatoms. The Labute approximate surface area is 153 Å². The topological polar surface area (TPSA) is 63.5 Å². The van der Waals surface area contributed by atoms with Gasteiger partial charge in [-0.3, -0.25) is 14.9 Å². The quantitative estimate of drug-likeness (QED) is 0.389. The molecule has 0 saturated carbocycles. The van der Waals surface area contributed by atoms with E-state index in [1.54, 1.807) is 17.0 Å². The first kappa shape index (κ1) is 18.8. The van der Waals surface area contributed by atoms with Crippen LogP contribution in [0.25, 0.3) is 0 Å². The maximum Gasteiger partial charge on any atom is 0.269 e. The summed E-state index contributed by atoms with van der Waals surface area (Å²) in [5, 5.41) is 10.4. The summed E-state index contributed by atoms with van der Waals surface area (Å²) in [5.74, 6) is 0.0328. The van der Waals surface area contributed by atoms with Gasteiger partial charge in [0, 0.05) is 28.5 Å². The number of thioether (sulfide) groups is 1. The smallest absolute Gasteiger partial charge is 0.269 e. The summed E-state index contributed by atoms with van der Waals surface area (Å²) in [6.07, 6.45) is 0. The van der Waals surface area contributed by atoms with Crippen LogP contribution in [0.15, 0.2) is 41.3 Å². The van der Waals surface area contributed by atoms with Gasteiger partial charge in [-0.05, 0) is 38.1 Å². The lowest BCUT2D eigenvalue weighted by atomic mass is 10.3. The number of non-ortho nitro benzene ring substituents is 1. The molecule has 5 nitrogen and oxygen atoms in total. The fraction of sp³-hybridized carbons (Fsp3) is 0.312. The summed E-state index contributed by atoms with van der Waals surface area (Å²) in [4.78, 5) is 26.5. The van der Waals surface area contributed by atoms with E-state index in [4.69, 9.17) is 11.6 Å². The minimum absolute atomic E-state index is 0.0328. The minimum atomic E-state index is -0.437. The van der Waals surface area contributed by atoms with Gasteiger partial charge in [-0.1, -0.05) is 11.6 Å². The fourth-order valence-corrected chi connectivity index (χ4v) is 4.18. The summed E-state index contributed by atoms with van der Waals surface area (Å²) >= 11 is 8.80. The van der Waals surface area contributed by atoms with Gasteiger partial charge in [0.2, 0.25) is 5.91 Å². The van der Waals surface area contributed by atoms with E-state index < -0.39 is 4.92 Å². The molecule has 1 aromatic heterocycles. The predicted molar refractivity (Wildman–Crippen MR) is 98.8 cm³/mol. The van der Waals surface area contributed by atoms with Gasteiger partial charge >= 0.3 is 0 Å². The zero-order valence-corrected chi connectivity index (χ0v) is 15.7. The van der Waals surface area contributed by atoms with Gasteiger partial charge in [0.05, 0.1) is 21.1 Å². The van der Waals surface area contributed by atoms with Gasteiger partial charge in [-0.25, -0.2) is 0 Å². The molecule has 1 heterocycles. The minimum Gasteiger partial charge on any atom is -0.337 e. The zero-order valence-electron chi connectivity index (χ0n) is 13.3. The highest BCUT2D eigenvalue weighted by Gasteiger charge is 2.21. The Bertz CT molecular complexity index is 718. The number of carbonyl (C=O) groups excluding carboxylic acids is 1. The van der Waals surface area contributed by atoms with Crippen molar-refractivity contribution in [1.29, 1.82) is 0 Å². The van der Waals surface area contributed by atoms with Gasteiger partial charge in [0.1, 0.15) is 0 Å². The summed E-state index contributed by atoms with van der Waals surface area (Å²) < 4.78 is 0.710. The van der Waals surface area contributed by atoms with E-state index in [1.807, 2.05) is 26.0 Å². The van der Waals surface area contributed by atoms with Crippen LogP contribution in [0.2, 0.25) is 4.34 Å². The standard InChI is InChI=1S/C16H17ClN2O3S2/c1-3-18(10-14-8-9-15(17)24-14)16(20)11(2)23-13-6-4-12(5-7-13)19(21)22/h4-9,11H,3,10H2,1-2H3. The zero-order chi connectivity index (χ0) is 17.7. The van der Waals surface area contributed by atoms with Gasteiger partial charge in [0.25, 0.3) is 5.69 Å². The number of nitro groups is 1. The van der Waals surface area contributed by atoms with Gasteiger partial charge in [-0.2, -0.15) is 0 Å². The Morgan fingerprint density at radius 3 is 2.50 bits per heavy atom. The third-order valence-electron chi connectivity index (χ3n) is 3.38. The summed E-state index contributed by atoms with van der Waals surface area (Å²) in [6.45, 7) is 4.94. The highest BCUT2D eigenvalue weighted by molar-refractivity contribution is 8.00. The predicted octanol–water partition coefficient (Wildman–Crippen LogP) is 4.84. The van der Waals surface area contributed by atoms with E-state index in [0.717, 1.165) is 9.77 Å². The lowest BCUT2D eigenvalue weighted by molar-refractivity contribution is -0.384. The van der Waals surface area contributed by atoms with Crippen LogP contribution in [0.4, 0.5) is 5.69 Å². The largest absolute Gasteiger partial charge is 0.337 e. The lowest BCUT2D eigenvalue weighted by Crippen LogP contribution is -2.35. The van der Waals surface area contributed by atoms with Gasteiger partial charge in [-0.15, -0.1) is 23.1 Å². The first-order valence-corrected chi connectivity index (χ1v) is 9.42. The summed E-state index contributed by atoms with van der Waals surface area (Å²) in [7, 11) is 0. The van der Waals surface area contributed by atoms with Crippen molar-refractivity contribution in [3.63, 3.8) is 0 Å². The van der Waals surface area contributed by atoms with Gasteiger partial charge < -0.3 is 4.90 Å². The summed E-state index contributed by atoms with van der Waals surface area (Å²) in [5.41, 5.74) is 0.0445. The Kier molecular flexibility index (Phi) is 6.65. The third-order valence-corrected chi connectivity index (χ3v) is 5.69. The van der Waals surface area contributed by atoms with Crippen molar-refractivity contribution in [1.82, 2.24) is 4.90 Å². The van der Waals surface area contributed by atoms with Crippen molar-refractivity contribution in [3.05, 3.63) is 55.7 Å². The molecule has 2 aromatic rings. The average Bonchev–Trinajstić information content (AvgIpc) is 2.97. The van der Waals surface area contributed by atoms with Crippen LogP contribution < -0.4 is 0 Å². The Hall–Kier alpha value is -1.57. The van der Waals surface area contributed by atoms with E-state index in [9.17, 15) is 14.9 Å². The lowest BCUT2D eigenvalue weighted by Gasteiger charge is -2.23. The maximum absolute atomic E-state index is 12.6. The summed E-state index contributed by atoms with van der Waals surface area (Å²) in [6, 6.07) is 9.99. The van der Waals surface area contributed by atoms with Crippen LogP contribution >= 0.6 is 34.7 Å². The maximum atomic E-state index is 12.6. The molecule has 0 bridgehead atoms. The molecule has 1 aromatic carbocycles. The first-order valence-electron chi connectivity index (χ1n) is 7.34. The van der Waals surface area contributed by atoms with Crippen LogP contribution in [0.1, 0.15) is 18.7 Å². The number of benzene rings is 1. The molecular formula is C16H17ClN2O3S2. The molecule has 0 aliphatic carbocycles. The number of carbonyl (C=O) groups is 1. The second kappa shape index (κ2) is 8.50. The van der Waals surface area contributed by atoms with Crippen LogP contribution in [0.5, 0.6) is 0 Å². The second-order valence-corrected chi connectivity index (χ2v) is 8.28. The van der Waals surface area contributed by atoms with E-state index in [2.05, 4.69) is 0 Å².